The lowest BCUT2D eigenvalue weighted by molar-refractivity contribution is -0.144. The standard InChI is InChI=1S/C9H12N2O5/c1-3-16-8(14)4(2)5-6(12)10-9(15)11-7(5)13/h4H,3H2,1-2H3,(H3,10,11,12,13,15). The summed E-state index contributed by atoms with van der Waals surface area (Å²) >= 11 is 0. The molecule has 1 aromatic heterocycles. The fourth-order valence-corrected chi connectivity index (χ4v) is 1.21. The molecule has 0 aliphatic carbocycles. The molecule has 0 amide bonds. The maximum absolute atomic E-state index is 11.4. The smallest absolute Gasteiger partial charge is 0.320 e. The number of nitrogens with zero attached hydrogens (tertiary/aromatic N) is 2. The van der Waals surface area contributed by atoms with Crippen LogP contribution in [-0.2, 0) is 9.53 Å². The summed E-state index contributed by atoms with van der Waals surface area (Å²) in [6.45, 7) is 3.24. The third-order valence-corrected chi connectivity index (χ3v) is 1.97. The minimum atomic E-state index is -0.916. The normalized spacial score (nSPS) is 12.1. The highest BCUT2D eigenvalue weighted by molar-refractivity contribution is 5.79. The highest BCUT2D eigenvalue weighted by Crippen LogP contribution is 2.32. The van der Waals surface area contributed by atoms with E-state index < -0.39 is 29.7 Å². The highest BCUT2D eigenvalue weighted by atomic mass is 16.5. The third kappa shape index (κ3) is 2.30. The van der Waals surface area contributed by atoms with Crippen LogP contribution in [0.25, 0.3) is 0 Å². The Morgan fingerprint density at radius 2 is 1.81 bits per heavy atom. The Hall–Kier alpha value is -2.05. The molecular formula is C9H12N2O5. The Balaban J connectivity index is 3.08. The molecule has 1 atom stereocenters. The van der Waals surface area contributed by atoms with Crippen molar-refractivity contribution in [3.05, 3.63) is 5.56 Å². The third-order valence-electron chi connectivity index (χ3n) is 1.97. The first-order chi connectivity index (χ1) is 7.47. The van der Waals surface area contributed by atoms with Crippen LogP contribution in [0.5, 0.6) is 17.8 Å². The van der Waals surface area contributed by atoms with Gasteiger partial charge in [0.05, 0.1) is 18.1 Å². The van der Waals surface area contributed by atoms with Crippen LogP contribution in [0.3, 0.4) is 0 Å². The molecule has 0 aliphatic heterocycles. The van der Waals surface area contributed by atoms with Gasteiger partial charge < -0.3 is 20.1 Å². The Morgan fingerprint density at radius 3 is 2.25 bits per heavy atom. The molecule has 1 heterocycles. The van der Waals surface area contributed by atoms with Crippen molar-refractivity contribution >= 4 is 5.97 Å². The summed E-state index contributed by atoms with van der Waals surface area (Å²) in [6.07, 6.45) is 0. The number of carbonyl (C=O) groups is 1. The number of ether oxygens (including phenoxy) is 1. The molecule has 16 heavy (non-hydrogen) atoms. The van der Waals surface area contributed by atoms with Crippen LogP contribution < -0.4 is 0 Å². The second-order valence-corrected chi connectivity index (χ2v) is 3.06. The summed E-state index contributed by atoms with van der Waals surface area (Å²) in [6, 6.07) is -0.769. The average molecular weight is 228 g/mol. The van der Waals surface area contributed by atoms with Gasteiger partial charge in [0.25, 0.3) is 0 Å². The quantitative estimate of drug-likeness (QED) is 0.636. The number of esters is 1. The van der Waals surface area contributed by atoms with Crippen LogP contribution in [-0.4, -0.2) is 37.9 Å². The molecule has 0 spiro atoms. The van der Waals surface area contributed by atoms with Crippen molar-refractivity contribution in [2.45, 2.75) is 19.8 Å². The van der Waals surface area contributed by atoms with Gasteiger partial charge in [-0.1, -0.05) is 0 Å². The van der Waals surface area contributed by atoms with E-state index in [0.717, 1.165) is 0 Å². The number of hydrogen-bond donors (Lipinski definition) is 3. The zero-order valence-electron chi connectivity index (χ0n) is 8.84. The van der Waals surface area contributed by atoms with Crippen LogP contribution >= 0.6 is 0 Å². The summed E-state index contributed by atoms with van der Waals surface area (Å²) in [4.78, 5) is 17.8. The molecule has 3 N–H and O–H groups in total. The van der Waals surface area contributed by atoms with E-state index in [2.05, 4.69) is 9.97 Å². The summed E-state index contributed by atoms with van der Waals surface area (Å²) in [5.74, 6) is -2.83. The number of aromatic hydroxyl groups is 3. The van der Waals surface area contributed by atoms with Gasteiger partial charge in [0.15, 0.2) is 0 Å². The van der Waals surface area contributed by atoms with Crippen molar-refractivity contribution in [3.8, 4) is 17.8 Å². The number of carbonyl (C=O) groups excluding carboxylic acids is 1. The minimum absolute atomic E-state index is 0.170. The van der Waals surface area contributed by atoms with E-state index >= 15 is 0 Å². The molecule has 7 heteroatoms. The molecule has 1 rings (SSSR count). The molecule has 0 saturated carbocycles. The maximum Gasteiger partial charge on any atom is 0.320 e. The average Bonchev–Trinajstić information content (AvgIpc) is 2.16. The van der Waals surface area contributed by atoms with E-state index in [9.17, 15) is 15.0 Å². The first-order valence-electron chi connectivity index (χ1n) is 4.62. The predicted octanol–water partition coefficient (Wildman–Crippen LogP) is 0.260. The summed E-state index contributed by atoms with van der Waals surface area (Å²) in [5, 5.41) is 27.6. The lowest BCUT2D eigenvalue weighted by Crippen LogP contribution is -2.14. The van der Waals surface area contributed by atoms with Crippen LogP contribution in [0.2, 0.25) is 0 Å². The zero-order valence-corrected chi connectivity index (χ0v) is 8.84. The summed E-state index contributed by atoms with van der Waals surface area (Å²) in [5.41, 5.74) is -0.170. The Kier molecular flexibility index (Phi) is 3.49. The lowest BCUT2D eigenvalue weighted by atomic mass is 10.0. The number of hydrogen-bond acceptors (Lipinski definition) is 7. The Labute approximate surface area is 91.4 Å². The van der Waals surface area contributed by atoms with Crippen molar-refractivity contribution < 1.29 is 24.9 Å². The molecule has 1 unspecified atom stereocenters. The van der Waals surface area contributed by atoms with Gasteiger partial charge in [-0.05, 0) is 13.8 Å². The molecule has 1 aromatic rings. The fraction of sp³-hybridized carbons (Fsp3) is 0.444. The minimum Gasteiger partial charge on any atom is -0.493 e. The molecular weight excluding hydrogens is 216 g/mol. The van der Waals surface area contributed by atoms with E-state index in [4.69, 9.17) is 9.84 Å². The molecule has 0 bridgehead atoms. The molecule has 0 aromatic carbocycles. The molecule has 0 fully saturated rings. The Morgan fingerprint density at radius 1 is 1.31 bits per heavy atom. The van der Waals surface area contributed by atoms with Crippen molar-refractivity contribution in [1.29, 1.82) is 0 Å². The van der Waals surface area contributed by atoms with E-state index in [0.29, 0.717) is 0 Å². The first-order valence-corrected chi connectivity index (χ1v) is 4.62. The molecule has 0 radical (unpaired) electrons. The van der Waals surface area contributed by atoms with Gasteiger partial charge >= 0.3 is 12.0 Å². The van der Waals surface area contributed by atoms with Gasteiger partial charge in [0.1, 0.15) is 0 Å². The van der Waals surface area contributed by atoms with Crippen molar-refractivity contribution in [3.63, 3.8) is 0 Å². The largest absolute Gasteiger partial charge is 0.493 e. The van der Waals surface area contributed by atoms with Gasteiger partial charge in [0, 0.05) is 0 Å². The van der Waals surface area contributed by atoms with E-state index in [-0.39, 0.29) is 12.2 Å². The van der Waals surface area contributed by atoms with Gasteiger partial charge in [-0.3, -0.25) is 4.79 Å². The van der Waals surface area contributed by atoms with Gasteiger partial charge in [-0.25, -0.2) is 0 Å². The van der Waals surface area contributed by atoms with Crippen LogP contribution in [0.15, 0.2) is 0 Å². The second-order valence-electron chi connectivity index (χ2n) is 3.06. The lowest BCUT2D eigenvalue weighted by Gasteiger charge is -2.12. The number of rotatable bonds is 3. The molecule has 7 nitrogen and oxygen atoms in total. The predicted molar refractivity (Wildman–Crippen MR) is 52.1 cm³/mol. The van der Waals surface area contributed by atoms with Crippen molar-refractivity contribution in [2.75, 3.05) is 6.61 Å². The van der Waals surface area contributed by atoms with Gasteiger partial charge in [0.2, 0.25) is 11.8 Å². The molecule has 0 saturated heterocycles. The zero-order chi connectivity index (χ0) is 12.3. The molecule has 0 aliphatic rings. The highest BCUT2D eigenvalue weighted by Gasteiger charge is 2.26. The monoisotopic (exact) mass is 228 g/mol. The molecule has 88 valence electrons. The SMILES string of the molecule is CCOC(=O)C(C)c1c(O)nc(O)nc1O. The van der Waals surface area contributed by atoms with E-state index in [1.54, 1.807) is 6.92 Å². The van der Waals surface area contributed by atoms with Crippen LogP contribution in [0, 0.1) is 0 Å². The Bertz CT molecular complexity index is 384. The van der Waals surface area contributed by atoms with Gasteiger partial charge in [-0.2, -0.15) is 9.97 Å². The second kappa shape index (κ2) is 4.65. The van der Waals surface area contributed by atoms with Gasteiger partial charge in [-0.15, -0.1) is 0 Å². The van der Waals surface area contributed by atoms with Crippen LogP contribution in [0.1, 0.15) is 25.3 Å². The van der Waals surface area contributed by atoms with Crippen molar-refractivity contribution in [2.24, 2.45) is 0 Å². The fourth-order valence-electron chi connectivity index (χ4n) is 1.21. The maximum atomic E-state index is 11.4. The van der Waals surface area contributed by atoms with Crippen LogP contribution in [0.4, 0.5) is 0 Å². The topological polar surface area (TPSA) is 113 Å². The first kappa shape index (κ1) is 12.0. The number of aromatic nitrogens is 2. The van der Waals surface area contributed by atoms with Crippen molar-refractivity contribution in [1.82, 2.24) is 9.97 Å². The summed E-state index contributed by atoms with van der Waals surface area (Å²) in [7, 11) is 0. The summed E-state index contributed by atoms with van der Waals surface area (Å²) < 4.78 is 4.72. The van der Waals surface area contributed by atoms with E-state index in [1.807, 2.05) is 0 Å². The van der Waals surface area contributed by atoms with E-state index in [1.165, 1.54) is 6.92 Å².